The molecule has 56 heavy (non-hydrogen) atoms. The number of amides is 4. The molecule has 1 saturated carbocycles. The molecule has 296 valence electrons. The number of alkyl carbamates (subject to hydrolysis) is 2. The van der Waals surface area contributed by atoms with Crippen molar-refractivity contribution < 1.29 is 28.7 Å². The normalized spacial score (nSPS) is 19.6. The van der Waals surface area contributed by atoms with Crippen molar-refractivity contribution in [1.29, 1.82) is 0 Å². The molecule has 1 spiro atoms. The molecule has 3 aliphatic rings. The van der Waals surface area contributed by atoms with Crippen molar-refractivity contribution in [3.63, 3.8) is 0 Å². The molecule has 14 nitrogen and oxygen atoms in total. The lowest BCUT2D eigenvalue weighted by atomic mass is 10.0. The zero-order chi connectivity index (χ0) is 39.7. The number of nitrogens with zero attached hydrogens (tertiary/aromatic N) is 4. The molecule has 14 heteroatoms. The molecule has 4 aromatic rings. The van der Waals surface area contributed by atoms with Crippen molar-refractivity contribution in [2.45, 2.75) is 84.0 Å². The third-order valence-corrected chi connectivity index (χ3v) is 11.6. The highest BCUT2D eigenvalue weighted by Gasteiger charge is 2.55. The van der Waals surface area contributed by atoms with E-state index >= 15 is 0 Å². The molecule has 3 fully saturated rings. The summed E-state index contributed by atoms with van der Waals surface area (Å²) in [5, 5.41) is 5.44. The predicted molar refractivity (Wildman–Crippen MR) is 210 cm³/mol. The van der Waals surface area contributed by atoms with Gasteiger partial charge < -0.3 is 39.9 Å². The summed E-state index contributed by atoms with van der Waals surface area (Å²) in [6.45, 7) is 8.89. The van der Waals surface area contributed by atoms with Gasteiger partial charge in [0.05, 0.1) is 50.1 Å². The van der Waals surface area contributed by atoms with Gasteiger partial charge in [0, 0.05) is 13.1 Å². The van der Waals surface area contributed by atoms with Gasteiger partial charge in [0.25, 0.3) is 0 Å². The quantitative estimate of drug-likeness (QED) is 0.132. The van der Waals surface area contributed by atoms with Gasteiger partial charge in [-0.1, -0.05) is 76.2 Å². The number of nitrogens with one attached hydrogen (secondary N) is 4. The van der Waals surface area contributed by atoms with Crippen LogP contribution >= 0.6 is 0 Å². The Labute approximate surface area is 327 Å². The van der Waals surface area contributed by atoms with E-state index in [2.05, 4.69) is 74.1 Å². The number of methoxy groups -OCH3 is 2. The average molecular weight is 765 g/mol. The molecule has 2 aromatic carbocycles. The standard InChI is InChI=1S/C42H52N8O6/c1-24(2)34(47-40(53)55-5)38(51)49-19-7-8-32(49)36-43-21-30(45-36)28-13-9-26(10-14-28)27-11-15-29(16-12-27)31-22-44-37(46-31)33-20-42(17-18-42)23-50(33)39(52)35(25(3)4)48-41(54)56-6/h9-16,21-22,24-25,32-35H,7-8,17-20,23H2,1-6H3,(H,43,45)(H,44,46)(H,47,53)(H,48,54)/t32-,33-,34-,35?/m0/s1. The van der Waals surface area contributed by atoms with Crippen molar-refractivity contribution in [3.05, 3.63) is 72.6 Å². The molecule has 4 atom stereocenters. The molecule has 2 aliphatic heterocycles. The van der Waals surface area contributed by atoms with Crippen LogP contribution in [-0.4, -0.2) is 93.1 Å². The van der Waals surface area contributed by atoms with Crippen LogP contribution in [-0.2, 0) is 19.1 Å². The van der Waals surface area contributed by atoms with Crippen LogP contribution in [0.25, 0.3) is 33.6 Å². The maximum absolute atomic E-state index is 13.8. The van der Waals surface area contributed by atoms with Crippen LogP contribution in [0.15, 0.2) is 60.9 Å². The Kier molecular flexibility index (Phi) is 10.9. The lowest BCUT2D eigenvalue weighted by Crippen LogP contribution is -2.51. The highest BCUT2D eigenvalue weighted by molar-refractivity contribution is 5.87. The fourth-order valence-electron chi connectivity index (χ4n) is 8.13. The lowest BCUT2D eigenvalue weighted by molar-refractivity contribution is -0.136. The predicted octanol–water partition coefficient (Wildman–Crippen LogP) is 6.61. The summed E-state index contributed by atoms with van der Waals surface area (Å²) < 4.78 is 9.56. The number of aromatic nitrogens is 4. The first kappa shape index (κ1) is 38.6. The summed E-state index contributed by atoms with van der Waals surface area (Å²) in [6.07, 6.45) is 7.04. The van der Waals surface area contributed by atoms with Gasteiger partial charge >= 0.3 is 12.2 Å². The Balaban J connectivity index is 1.02. The molecule has 4 heterocycles. The molecule has 0 bridgehead atoms. The topological polar surface area (TPSA) is 175 Å². The Hall–Kier alpha value is -5.66. The number of imidazole rings is 2. The third-order valence-electron chi connectivity index (χ3n) is 11.6. The van der Waals surface area contributed by atoms with Crippen LogP contribution in [0.2, 0.25) is 0 Å². The van der Waals surface area contributed by atoms with Crippen molar-refractivity contribution in [2.75, 3.05) is 27.3 Å². The molecule has 2 aromatic heterocycles. The summed E-state index contributed by atoms with van der Waals surface area (Å²) in [7, 11) is 2.59. The lowest BCUT2D eigenvalue weighted by Gasteiger charge is -2.30. The van der Waals surface area contributed by atoms with Gasteiger partial charge in [0.15, 0.2) is 0 Å². The van der Waals surface area contributed by atoms with Crippen molar-refractivity contribution in [1.82, 2.24) is 40.4 Å². The van der Waals surface area contributed by atoms with E-state index in [1.807, 2.05) is 43.7 Å². The van der Waals surface area contributed by atoms with E-state index in [0.717, 1.165) is 77.4 Å². The summed E-state index contributed by atoms with van der Waals surface area (Å²) in [6, 6.07) is 14.8. The van der Waals surface area contributed by atoms with E-state index in [1.54, 1.807) is 6.20 Å². The van der Waals surface area contributed by atoms with Crippen LogP contribution in [0.1, 0.15) is 83.5 Å². The van der Waals surface area contributed by atoms with E-state index in [9.17, 15) is 19.2 Å². The van der Waals surface area contributed by atoms with E-state index in [-0.39, 0.29) is 41.1 Å². The van der Waals surface area contributed by atoms with E-state index < -0.39 is 24.3 Å². The number of H-pyrrole nitrogens is 2. The minimum atomic E-state index is -0.687. The number of likely N-dealkylation sites (tertiary alicyclic amines) is 2. The number of carbonyl (C=O) groups is 4. The fraction of sp³-hybridized carbons (Fsp3) is 0.476. The van der Waals surface area contributed by atoms with Gasteiger partial charge in [-0.05, 0) is 71.6 Å². The molecule has 4 amide bonds. The Morgan fingerprint density at radius 3 is 1.59 bits per heavy atom. The zero-order valence-corrected chi connectivity index (χ0v) is 32.9. The molecular weight excluding hydrogens is 713 g/mol. The number of ether oxygens (including phenoxy) is 2. The zero-order valence-electron chi connectivity index (χ0n) is 32.9. The van der Waals surface area contributed by atoms with Crippen LogP contribution in [0.3, 0.4) is 0 Å². The number of carbonyl (C=O) groups excluding carboxylic acids is 4. The van der Waals surface area contributed by atoms with Crippen LogP contribution in [0, 0.1) is 17.3 Å². The Morgan fingerprint density at radius 1 is 0.696 bits per heavy atom. The first-order valence-corrected chi connectivity index (χ1v) is 19.5. The summed E-state index contributed by atoms with van der Waals surface area (Å²) in [5.74, 6) is 1.02. The second-order valence-electron chi connectivity index (χ2n) is 16.1. The SMILES string of the molecule is COC(=O)NC(C(=O)N1CC2(CC2)C[C@H]1c1ncc(-c2ccc(-c3ccc(-c4cnc([C@@H]5CCCN5C(=O)[C@@H](NC(=O)OC)C(C)C)[nH]4)cc3)cc2)[nH]1)C(C)C. The van der Waals surface area contributed by atoms with E-state index in [4.69, 9.17) is 14.5 Å². The van der Waals surface area contributed by atoms with Crippen LogP contribution in [0.5, 0.6) is 0 Å². The van der Waals surface area contributed by atoms with E-state index in [0.29, 0.717) is 13.1 Å². The van der Waals surface area contributed by atoms with Crippen molar-refractivity contribution >= 4 is 24.0 Å². The maximum Gasteiger partial charge on any atom is 0.407 e. The largest absolute Gasteiger partial charge is 0.453 e. The number of hydrogen-bond acceptors (Lipinski definition) is 8. The second kappa shape index (κ2) is 15.8. The molecule has 7 rings (SSSR count). The average Bonchev–Trinajstić information content (AvgIpc) is 3.73. The number of aromatic amines is 2. The fourth-order valence-corrected chi connectivity index (χ4v) is 8.13. The highest BCUT2D eigenvalue weighted by atomic mass is 16.5. The molecule has 1 aliphatic carbocycles. The molecular formula is C42H52N8O6. The minimum absolute atomic E-state index is 0.104. The Morgan fingerprint density at radius 2 is 1.14 bits per heavy atom. The Bertz CT molecular complexity index is 2050. The van der Waals surface area contributed by atoms with Crippen molar-refractivity contribution in [3.8, 4) is 33.6 Å². The number of hydrogen-bond donors (Lipinski definition) is 4. The maximum atomic E-state index is 13.8. The molecule has 2 saturated heterocycles. The highest BCUT2D eigenvalue weighted by Crippen LogP contribution is 2.58. The molecule has 4 N–H and O–H groups in total. The van der Waals surface area contributed by atoms with Crippen LogP contribution < -0.4 is 10.6 Å². The first-order valence-electron chi connectivity index (χ1n) is 19.5. The summed E-state index contributed by atoms with van der Waals surface area (Å²) >= 11 is 0. The van der Waals surface area contributed by atoms with Gasteiger partial charge in [-0.3, -0.25) is 9.59 Å². The monoisotopic (exact) mass is 764 g/mol. The first-order chi connectivity index (χ1) is 26.9. The van der Waals surface area contributed by atoms with Crippen LogP contribution in [0.4, 0.5) is 9.59 Å². The van der Waals surface area contributed by atoms with E-state index in [1.165, 1.54) is 14.2 Å². The smallest absolute Gasteiger partial charge is 0.407 e. The second-order valence-corrected chi connectivity index (χ2v) is 16.1. The number of rotatable bonds is 11. The van der Waals surface area contributed by atoms with Gasteiger partial charge in [-0.15, -0.1) is 0 Å². The number of benzene rings is 2. The minimum Gasteiger partial charge on any atom is -0.453 e. The molecule has 1 unspecified atom stereocenters. The van der Waals surface area contributed by atoms with Gasteiger partial charge in [-0.2, -0.15) is 0 Å². The van der Waals surface area contributed by atoms with Crippen molar-refractivity contribution in [2.24, 2.45) is 17.3 Å². The van der Waals surface area contributed by atoms with Gasteiger partial charge in [-0.25, -0.2) is 19.6 Å². The summed E-state index contributed by atoms with van der Waals surface area (Å²) in [4.78, 5) is 71.5. The third kappa shape index (κ3) is 7.87. The van der Waals surface area contributed by atoms with Gasteiger partial charge in [0.2, 0.25) is 11.8 Å². The van der Waals surface area contributed by atoms with Gasteiger partial charge in [0.1, 0.15) is 23.7 Å². The summed E-state index contributed by atoms with van der Waals surface area (Å²) in [5.41, 5.74) is 5.94. The molecule has 0 radical (unpaired) electrons.